The second kappa shape index (κ2) is 6.06. The van der Waals surface area contributed by atoms with Gasteiger partial charge in [-0.25, -0.2) is 9.18 Å². The van der Waals surface area contributed by atoms with Crippen LogP contribution in [0.2, 0.25) is 0 Å². The van der Waals surface area contributed by atoms with Gasteiger partial charge in [0, 0.05) is 11.7 Å². The summed E-state index contributed by atoms with van der Waals surface area (Å²) in [4.78, 5) is 10.9. The van der Waals surface area contributed by atoms with Crippen LogP contribution in [0.15, 0.2) is 42.5 Å². The lowest BCUT2D eigenvalue weighted by Crippen LogP contribution is -2.08. The van der Waals surface area contributed by atoms with Crippen LogP contribution in [-0.4, -0.2) is 11.1 Å². The van der Waals surface area contributed by atoms with Crippen molar-refractivity contribution in [2.45, 2.75) is 13.0 Å². The van der Waals surface area contributed by atoms with Gasteiger partial charge in [-0.15, -0.1) is 0 Å². The van der Waals surface area contributed by atoms with E-state index in [0.29, 0.717) is 11.3 Å². The maximum atomic E-state index is 13.3. The lowest BCUT2D eigenvalue weighted by molar-refractivity contribution is 0.0692. The Labute approximate surface area is 121 Å². The predicted octanol–water partition coefficient (Wildman–Crippen LogP) is 3.57. The molecule has 5 heteroatoms. The monoisotopic (exact) mass is 284 g/mol. The van der Waals surface area contributed by atoms with E-state index in [-0.39, 0.29) is 11.6 Å². The highest BCUT2D eigenvalue weighted by Gasteiger charge is 2.12. The van der Waals surface area contributed by atoms with Gasteiger partial charge in [-0.2, -0.15) is 5.26 Å². The van der Waals surface area contributed by atoms with Crippen molar-refractivity contribution in [1.82, 2.24) is 0 Å². The first kappa shape index (κ1) is 14.5. The third kappa shape index (κ3) is 3.37. The highest BCUT2D eigenvalue weighted by atomic mass is 19.1. The van der Waals surface area contributed by atoms with E-state index in [1.165, 1.54) is 12.1 Å². The van der Waals surface area contributed by atoms with Crippen molar-refractivity contribution in [3.63, 3.8) is 0 Å². The van der Waals surface area contributed by atoms with E-state index >= 15 is 0 Å². The Hall–Kier alpha value is -2.87. The lowest BCUT2D eigenvalue weighted by atomic mass is 10.1. The third-order valence-corrected chi connectivity index (χ3v) is 3.12. The van der Waals surface area contributed by atoms with Crippen LogP contribution >= 0.6 is 0 Å². The molecule has 0 aliphatic heterocycles. The molecule has 1 unspecified atom stereocenters. The molecule has 2 aromatic carbocycles. The minimum Gasteiger partial charge on any atom is -0.478 e. The van der Waals surface area contributed by atoms with Gasteiger partial charge >= 0.3 is 5.97 Å². The zero-order chi connectivity index (χ0) is 15.4. The summed E-state index contributed by atoms with van der Waals surface area (Å²) in [6, 6.07) is 12.9. The maximum absolute atomic E-state index is 13.3. The number of rotatable bonds is 4. The Bertz CT molecular complexity index is 705. The summed E-state index contributed by atoms with van der Waals surface area (Å²) in [7, 11) is 0. The Morgan fingerprint density at radius 1 is 1.29 bits per heavy atom. The number of anilines is 1. The van der Waals surface area contributed by atoms with Crippen molar-refractivity contribution in [2.24, 2.45) is 0 Å². The minimum absolute atomic E-state index is 0.107. The topological polar surface area (TPSA) is 73.1 Å². The molecule has 0 aliphatic rings. The minimum atomic E-state index is -1.30. The number of hydrogen-bond donors (Lipinski definition) is 2. The molecule has 2 rings (SSSR count). The van der Waals surface area contributed by atoms with E-state index in [1.54, 1.807) is 12.1 Å². The Kier molecular flexibility index (Phi) is 4.19. The molecule has 0 aromatic heterocycles. The van der Waals surface area contributed by atoms with Crippen LogP contribution in [0.1, 0.15) is 34.5 Å². The number of benzene rings is 2. The van der Waals surface area contributed by atoms with E-state index in [4.69, 9.17) is 10.4 Å². The second-order valence-corrected chi connectivity index (χ2v) is 4.60. The molecule has 0 saturated heterocycles. The first-order valence-electron chi connectivity index (χ1n) is 6.30. The maximum Gasteiger partial charge on any atom is 0.338 e. The zero-order valence-corrected chi connectivity index (χ0v) is 11.3. The Balaban J connectivity index is 2.19. The van der Waals surface area contributed by atoms with Gasteiger partial charge in [-0.05, 0) is 42.8 Å². The van der Waals surface area contributed by atoms with Gasteiger partial charge in [0.15, 0.2) is 0 Å². The summed E-state index contributed by atoms with van der Waals surface area (Å²) in [6.45, 7) is 1.89. The molecule has 1 atom stereocenters. The van der Waals surface area contributed by atoms with E-state index in [0.717, 1.165) is 11.6 Å². The normalized spacial score (nSPS) is 11.5. The number of carboxylic acids is 1. The largest absolute Gasteiger partial charge is 0.478 e. The van der Waals surface area contributed by atoms with Crippen LogP contribution in [0.4, 0.5) is 10.1 Å². The summed E-state index contributed by atoms with van der Waals surface area (Å²) in [5.74, 6) is -2.07. The molecule has 4 nitrogen and oxygen atoms in total. The predicted molar refractivity (Wildman–Crippen MR) is 76.6 cm³/mol. The summed E-state index contributed by atoms with van der Waals surface area (Å²) < 4.78 is 13.3. The number of nitrogens with one attached hydrogen (secondary N) is 1. The average molecular weight is 284 g/mol. The molecule has 0 fully saturated rings. The number of carboxylic acid groups (broad SMARTS) is 1. The van der Waals surface area contributed by atoms with Gasteiger partial charge in [0.05, 0.1) is 17.2 Å². The van der Waals surface area contributed by atoms with Crippen molar-refractivity contribution >= 4 is 11.7 Å². The zero-order valence-electron chi connectivity index (χ0n) is 11.3. The smallest absolute Gasteiger partial charge is 0.338 e. The molecular formula is C16H13FN2O2. The Morgan fingerprint density at radius 2 is 1.95 bits per heavy atom. The van der Waals surface area contributed by atoms with Crippen LogP contribution in [0.25, 0.3) is 0 Å². The number of hydrogen-bond acceptors (Lipinski definition) is 3. The van der Waals surface area contributed by atoms with E-state index in [9.17, 15) is 9.18 Å². The van der Waals surface area contributed by atoms with Gasteiger partial charge < -0.3 is 10.4 Å². The highest BCUT2D eigenvalue weighted by molar-refractivity contribution is 5.89. The molecule has 21 heavy (non-hydrogen) atoms. The molecule has 0 bridgehead atoms. The summed E-state index contributed by atoms with van der Waals surface area (Å²) in [5.41, 5.74) is 1.66. The highest BCUT2D eigenvalue weighted by Crippen LogP contribution is 2.21. The number of halogens is 1. The fraction of sp³-hybridized carbons (Fsp3) is 0.125. The summed E-state index contributed by atoms with van der Waals surface area (Å²) in [5, 5.41) is 20.8. The van der Waals surface area contributed by atoms with Crippen LogP contribution in [0.3, 0.4) is 0 Å². The SMILES string of the molecule is CC(Nc1ccc(F)c(C(=O)O)c1)c1ccc(C#N)cc1. The fourth-order valence-corrected chi connectivity index (χ4v) is 1.96. The molecule has 106 valence electrons. The molecular weight excluding hydrogens is 271 g/mol. The first-order valence-corrected chi connectivity index (χ1v) is 6.30. The number of nitrogens with zero attached hydrogens (tertiary/aromatic N) is 1. The Morgan fingerprint density at radius 3 is 2.52 bits per heavy atom. The lowest BCUT2D eigenvalue weighted by Gasteiger charge is -2.16. The van der Waals surface area contributed by atoms with Crippen LogP contribution in [-0.2, 0) is 0 Å². The van der Waals surface area contributed by atoms with Gasteiger partial charge in [0.2, 0.25) is 0 Å². The molecule has 0 radical (unpaired) electrons. The molecule has 0 saturated carbocycles. The van der Waals surface area contributed by atoms with E-state index in [1.807, 2.05) is 25.1 Å². The van der Waals surface area contributed by atoms with Gasteiger partial charge in [-0.3, -0.25) is 0 Å². The molecule has 2 aromatic rings. The van der Waals surface area contributed by atoms with Crippen molar-refractivity contribution in [3.8, 4) is 6.07 Å². The van der Waals surface area contributed by atoms with Gasteiger partial charge in [0.25, 0.3) is 0 Å². The fourth-order valence-electron chi connectivity index (χ4n) is 1.96. The molecule has 0 spiro atoms. The standard InChI is InChI=1S/C16H13FN2O2/c1-10(12-4-2-11(9-18)3-5-12)19-13-6-7-15(17)14(8-13)16(20)21/h2-8,10,19H,1H3,(H,20,21). The van der Waals surface area contributed by atoms with E-state index < -0.39 is 11.8 Å². The van der Waals surface area contributed by atoms with Gasteiger partial charge in [0.1, 0.15) is 5.82 Å². The molecule has 0 amide bonds. The second-order valence-electron chi connectivity index (χ2n) is 4.60. The summed E-state index contributed by atoms with van der Waals surface area (Å²) >= 11 is 0. The number of aromatic carboxylic acids is 1. The third-order valence-electron chi connectivity index (χ3n) is 3.12. The summed E-state index contributed by atoms with van der Waals surface area (Å²) in [6.07, 6.45) is 0. The number of nitriles is 1. The molecule has 0 heterocycles. The van der Waals surface area contributed by atoms with Crippen molar-refractivity contribution in [2.75, 3.05) is 5.32 Å². The van der Waals surface area contributed by atoms with Crippen LogP contribution in [0.5, 0.6) is 0 Å². The van der Waals surface area contributed by atoms with Crippen molar-refractivity contribution < 1.29 is 14.3 Å². The number of carbonyl (C=O) groups is 1. The van der Waals surface area contributed by atoms with E-state index in [2.05, 4.69) is 5.32 Å². The molecule has 0 aliphatic carbocycles. The van der Waals surface area contributed by atoms with Gasteiger partial charge in [-0.1, -0.05) is 12.1 Å². The average Bonchev–Trinajstić information content (AvgIpc) is 2.49. The quantitative estimate of drug-likeness (QED) is 0.900. The van der Waals surface area contributed by atoms with Crippen molar-refractivity contribution in [1.29, 1.82) is 5.26 Å². The first-order chi connectivity index (χ1) is 10.0. The van der Waals surface area contributed by atoms with Crippen LogP contribution in [0, 0.1) is 17.1 Å². The van der Waals surface area contributed by atoms with Crippen LogP contribution < -0.4 is 5.32 Å². The van der Waals surface area contributed by atoms with Crippen molar-refractivity contribution in [3.05, 3.63) is 65.0 Å². The molecule has 2 N–H and O–H groups in total.